The Bertz CT molecular complexity index is 463. The number of hydrogen-bond donors (Lipinski definition) is 1. The molecule has 5 nitrogen and oxygen atoms in total. The van der Waals surface area contributed by atoms with Gasteiger partial charge in [-0.3, -0.25) is 4.68 Å². The van der Waals surface area contributed by atoms with Gasteiger partial charge in [0.05, 0.1) is 17.5 Å². The lowest BCUT2D eigenvalue weighted by molar-refractivity contribution is 0.498. The van der Waals surface area contributed by atoms with E-state index in [2.05, 4.69) is 10.4 Å². The number of nitrogens with zero attached hydrogens (tertiary/aromatic N) is 2. The molecule has 6 heteroatoms. The van der Waals surface area contributed by atoms with Crippen LogP contribution >= 0.6 is 0 Å². The molecular weight excluding hydrogens is 238 g/mol. The van der Waals surface area contributed by atoms with Gasteiger partial charge in [0.1, 0.15) is 0 Å². The Hall–Kier alpha value is -0.880. The van der Waals surface area contributed by atoms with Crippen LogP contribution in [0.5, 0.6) is 0 Å². The van der Waals surface area contributed by atoms with Gasteiger partial charge < -0.3 is 5.32 Å². The van der Waals surface area contributed by atoms with E-state index in [0.717, 1.165) is 12.1 Å². The highest BCUT2D eigenvalue weighted by atomic mass is 32.2. The summed E-state index contributed by atoms with van der Waals surface area (Å²) in [6.07, 6.45) is 5.04. The molecule has 1 rings (SSSR count). The fourth-order valence-corrected chi connectivity index (χ4v) is 1.67. The second kappa shape index (κ2) is 5.18. The molecule has 1 aromatic rings. The van der Waals surface area contributed by atoms with E-state index in [1.807, 2.05) is 17.8 Å². The summed E-state index contributed by atoms with van der Waals surface area (Å²) in [7, 11) is -3.03. The van der Waals surface area contributed by atoms with Gasteiger partial charge in [0.15, 0.2) is 9.84 Å². The van der Waals surface area contributed by atoms with Gasteiger partial charge in [-0.05, 0) is 26.3 Å². The molecule has 0 atom stereocenters. The van der Waals surface area contributed by atoms with Gasteiger partial charge in [0, 0.05) is 25.5 Å². The summed E-state index contributed by atoms with van der Waals surface area (Å²) >= 11 is 0. The third-order valence-electron chi connectivity index (χ3n) is 2.83. The predicted octanol–water partition coefficient (Wildman–Crippen LogP) is 0.604. The first-order chi connectivity index (χ1) is 7.72. The van der Waals surface area contributed by atoms with E-state index < -0.39 is 14.6 Å². The molecule has 0 aromatic carbocycles. The zero-order valence-corrected chi connectivity index (χ0v) is 11.7. The number of aryl methyl sites for hydroxylation is 1. The van der Waals surface area contributed by atoms with Crippen molar-refractivity contribution >= 4 is 9.84 Å². The molecule has 0 aliphatic heterocycles. The number of sulfone groups is 1. The van der Waals surface area contributed by atoms with Crippen molar-refractivity contribution in [3.8, 4) is 0 Å². The molecule has 0 radical (unpaired) electrons. The molecule has 0 spiro atoms. The van der Waals surface area contributed by atoms with Gasteiger partial charge in [-0.15, -0.1) is 0 Å². The molecule has 0 aliphatic rings. The molecule has 0 aliphatic carbocycles. The number of rotatable bonds is 6. The van der Waals surface area contributed by atoms with Gasteiger partial charge in [-0.1, -0.05) is 0 Å². The first kappa shape index (κ1) is 14.2. The number of nitrogens with one attached hydrogen (secondary N) is 1. The van der Waals surface area contributed by atoms with Crippen LogP contribution in [0.4, 0.5) is 0 Å². The topological polar surface area (TPSA) is 64.0 Å². The van der Waals surface area contributed by atoms with E-state index in [9.17, 15) is 8.42 Å². The Morgan fingerprint density at radius 3 is 2.59 bits per heavy atom. The van der Waals surface area contributed by atoms with Gasteiger partial charge in [-0.2, -0.15) is 5.10 Å². The van der Waals surface area contributed by atoms with E-state index in [1.165, 1.54) is 6.26 Å². The van der Waals surface area contributed by atoms with E-state index in [-0.39, 0.29) is 0 Å². The van der Waals surface area contributed by atoms with Crippen molar-refractivity contribution < 1.29 is 8.42 Å². The average Bonchev–Trinajstić information content (AvgIpc) is 2.57. The summed E-state index contributed by atoms with van der Waals surface area (Å²) in [4.78, 5) is 0. The smallest absolute Gasteiger partial charge is 0.153 e. The first-order valence-corrected chi connectivity index (χ1v) is 7.51. The molecule has 0 fully saturated rings. The SMILES string of the molecule is Cc1cnn(CCNCC(C)(C)S(C)(=O)=O)c1. The highest BCUT2D eigenvalue weighted by Crippen LogP contribution is 2.13. The van der Waals surface area contributed by atoms with Crippen LogP contribution in [0, 0.1) is 6.92 Å². The molecule has 0 bridgehead atoms. The maximum Gasteiger partial charge on any atom is 0.153 e. The Balaban J connectivity index is 2.34. The fourth-order valence-electron chi connectivity index (χ4n) is 1.30. The fraction of sp³-hybridized carbons (Fsp3) is 0.727. The van der Waals surface area contributed by atoms with Crippen LogP contribution in [-0.2, 0) is 16.4 Å². The zero-order chi connectivity index (χ0) is 13.1. The highest BCUT2D eigenvalue weighted by Gasteiger charge is 2.29. The van der Waals surface area contributed by atoms with Crippen LogP contribution in [0.15, 0.2) is 12.4 Å². The van der Waals surface area contributed by atoms with Crippen LogP contribution in [0.1, 0.15) is 19.4 Å². The zero-order valence-electron chi connectivity index (χ0n) is 10.9. The van der Waals surface area contributed by atoms with Gasteiger partial charge >= 0.3 is 0 Å². The van der Waals surface area contributed by atoms with Crippen molar-refractivity contribution in [1.29, 1.82) is 0 Å². The van der Waals surface area contributed by atoms with Crippen molar-refractivity contribution in [3.63, 3.8) is 0 Å². The van der Waals surface area contributed by atoms with Gasteiger partial charge in [-0.25, -0.2) is 8.42 Å². The lowest BCUT2D eigenvalue weighted by Crippen LogP contribution is -2.42. The summed E-state index contributed by atoms with van der Waals surface area (Å²) < 4.78 is 24.0. The predicted molar refractivity (Wildman–Crippen MR) is 68.8 cm³/mol. The molecule has 0 amide bonds. The Morgan fingerprint density at radius 1 is 1.47 bits per heavy atom. The lowest BCUT2D eigenvalue weighted by atomic mass is 10.2. The third-order valence-corrected chi connectivity index (χ3v) is 4.99. The Morgan fingerprint density at radius 2 is 2.12 bits per heavy atom. The Labute approximate surface area is 103 Å². The van der Waals surface area contributed by atoms with Crippen LogP contribution in [0.2, 0.25) is 0 Å². The third kappa shape index (κ3) is 4.12. The maximum atomic E-state index is 11.5. The average molecular weight is 259 g/mol. The first-order valence-electron chi connectivity index (χ1n) is 5.62. The molecular formula is C11H21N3O2S. The maximum absolute atomic E-state index is 11.5. The molecule has 1 heterocycles. The molecule has 0 saturated heterocycles. The van der Waals surface area contributed by atoms with Gasteiger partial charge in [0.25, 0.3) is 0 Å². The van der Waals surface area contributed by atoms with Crippen molar-refractivity contribution in [1.82, 2.24) is 15.1 Å². The van der Waals surface area contributed by atoms with Crippen LogP contribution in [-0.4, -0.2) is 42.3 Å². The van der Waals surface area contributed by atoms with E-state index in [4.69, 9.17) is 0 Å². The van der Waals surface area contributed by atoms with E-state index in [0.29, 0.717) is 13.1 Å². The second-order valence-electron chi connectivity index (χ2n) is 4.99. The molecule has 1 aromatic heterocycles. The largest absolute Gasteiger partial charge is 0.313 e. The number of hydrogen-bond acceptors (Lipinski definition) is 4. The van der Waals surface area contributed by atoms with E-state index >= 15 is 0 Å². The lowest BCUT2D eigenvalue weighted by Gasteiger charge is -2.22. The van der Waals surface area contributed by atoms with Crippen molar-refractivity contribution in [2.24, 2.45) is 0 Å². The minimum absolute atomic E-state index is 0.450. The minimum Gasteiger partial charge on any atom is -0.313 e. The summed E-state index contributed by atoms with van der Waals surface area (Å²) in [5, 5.41) is 7.31. The van der Waals surface area contributed by atoms with E-state index in [1.54, 1.807) is 20.0 Å². The van der Waals surface area contributed by atoms with Gasteiger partial charge in [0.2, 0.25) is 0 Å². The van der Waals surface area contributed by atoms with Crippen molar-refractivity contribution in [2.75, 3.05) is 19.3 Å². The summed E-state index contributed by atoms with van der Waals surface area (Å²) in [5.41, 5.74) is 1.13. The monoisotopic (exact) mass is 259 g/mol. The molecule has 98 valence electrons. The summed E-state index contributed by atoms with van der Waals surface area (Å²) in [6.45, 7) is 7.35. The normalized spacial score (nSPS) is 12.9. The molecule has 0 saturated carbocycles. The Kier molecular flexibility index (Phi) is 4.32. The second-order valence-corrected chi connectivity index (χ2v) is 7.64. The van der Waals surface area contributed by atoms with Crippen LogP contribution < -0.4 is 5.32 Å². The minimum atomic E-state index is -3.03. The summed E-state index contributed by atoms with van der Waals surface area (Å²) in [6, 6.07) is 0. The standard InChI is InChI=1S/C11H21N3O2S/c1-10-7-13-14(8-10)6-5-12-9-11(2,3)17(4,15)16/h7-8,12H,5-6,9H2,1-4H3. The molecule has 0 unspecified atom stereocenters. The van der Waals surface area contributed by atoms with Crippen molar-refractivity contribution in [2.45, 2.75) is 32.1 Å². The molecule has 1 N–H and O–H groups in total. The number of aromatic nitrogens is 2. The highest BCUT2D eigenvalue weighted by molar-refractivity contribution is 7.92. The van der Waals surface area contributed by atoms with Crippen molar-refractivity contribution in [3.05, 3.63) is 18.0 Å². The van der Waals surface area contributed by atoms with Crippen LogP contribution in [0.3, 0.4) is 0 Å². The van der Waals surface area contributed by atoms with Crippen LogP contribution in [0.25, 0.3) is 0 Å². The molecule has 17 heavy (non-hydrogen) atoms. The summed E-state index contributed by atoms with van der Waals surface area (Å²) in [5.74, 6) is 0. The quantitative estimate of drug-likeness (QED) is 0.760.